The minimum atomic E-state index is -0.526. The maximum Gasteiger partial charge on any atom is 0.410 e. The quantitative estimate of drug-likeness (QED) is 0.643. The van der Waals surface area contributed by atoms with Gasteiger partial charge >= 0.3 is 17.8 Å². The molecule has 0 spiro atoms. The molecule has 2 aromatic rings. The zero-order chi connectivity index (χ0) is 19.8. The zero-order valence-electron chi connectivity index (χ0n) is 16.1. The van der Waals surface area contributed by atoms with Gasteiger partial charge in [0.15, 0.2) is 0 Å². The Kier molecular flexibility index (Phi) is 4.99. The van der Waals surface area contributed by atoms with Crippen LogP contribution in [0.25, 0.3) is 11.0 Å². The van der Waals surface area contributed by atoms with E-state index in [2.05, 4.69) is 4.98 Å². The SMILES string of the molecule is CC(=O)Oc1ccc2c(c1)[nH]c(=O)n2C1CCN(C(=O)OC(C)(C)C)CC1. The maximum absolute atomic E-state index is 12.5. The van der Waals surface area contributed by atoms with E-state index in [1.807, 2.05) is 20.8 Å². The van der Waals surface area contributed by atoms with Gasteiger partial charge in [-0.1, -0.05) is 0 Å². The van der Waals surface area contributed by atoms with Crippen molar-refractivity contribution in [2.45, 2.75) is 52.2 Å². The largest absolute Gasteiger partial charge is 0.444 e. The van der Waals surface area contributed by atoms with Crippen LogP contribution < -0.4 is 10.4 Å². The number of H-pyrrole nitrogens is 1. The molecule has 2 heterocycles. The molecule has 0 bridgehead atoms. The van der Waals surface area contributed by atoms with Crippen molar-refractivity contribution < 1.29 is 19.1 Å². The van der Waals surface area contributed by atoms with Crippen molar-refractivity contribution in [3.05, 3.63) is 28.7 Å². The Balaban J connectivity index is 1.75. The number of hydrogen-bond acceptors (Lipinski definition) is 5. The molecule has 0 saturated carbocycles. The van der Waals surface area contributed by atoms with Crippen molar-refractivity contribution in [3.8, 4) is 5.75 Å². The summed E-state index contributed by atoms with van der Waals surface area (Å²) in [5.74, 6) is -0.0196. The Morgan fingerprint density at radius 2 is 1.85 bits per heavy atom. The van der Waals surface area contributed by atoms with Gasteiger partial charge in [-0.25, -0.2) is 9.59 Å². The standard InChI is InChI=1S/C19H25N3O5/c1-12(23)26-14-5-6-16-15(11-14)20-17(24)22(16)13-7-9-21(10-8-13)18(25)27-19(2,3)4/h5-6,11,13H,7-10H2,1-4H3,(H,20,24). The third-order valence-electron chi connectivity index (χ3n) is 4.43. The lowest BCUT2D eigenvalue weighted by molar-refractivity contribution is -0.131. The zero-order valence-corrected chi connectivity index (χ0v) is 16.1. The van der Waals surface area contributed by atoms with Crippen LogP contribution in [0.1, 0.15) is 46.6 Å². The number of fused-ring (bicyclic) bond motifs is 1. The molecule has 1 fully saturated rings. The van der Waals surface area contributed by atoms with Crippen molar-refractivity contribution in [3.63, 3.8) is 0 Å². The van der Waals surface area contributed by atoms with Gasteiger partial charge in [-0.2, -0.15) is 0 Å². The number of nitrogens with zero attached hydrogens (tertiary/aromatic N) is 2. The Labute approximate surface area is 157 Å². The molecule has 1 aliphatic heterocycles. The van der Waals surface area contributed by atoms with Gasteiger partial charge in [0, 0.05) is 32.1 Å². The van der Waals surface area contributed by atoms with E-state index in [9.17, 15) is 14.4 Å². The Bertz CT molecular complexity index is 914. The molecule has 0 radical (unpaired) electrons. The van der Waals surface area contributed by atoms with Crippen molar-refractivity contribution >= 4 is 23.1 Å². The summed E-state index contributed by atoms with van der Waals surface area (Å²) in [6, 6.07) is 5.07. The van der Waals surface area contributed by atoms with E-state index in [4.69, 9.17) is 9.47 Å². The summed E-state index contributed by atoms with van der Waals surface area (Å²) >= 11 is 0. The molecule has 0 unspecified atom stereocenters. The predicted octanol–water partition coefficient (Wildman–Crippen LogP) is 2.83. The Morgan fingerprint density at radius 3 is 2.44 bits per heavy atom. The molecule has 1 amide bonds. The fourth-order valence-corrected chi connectivity index (χ4v) is 3.34. The number of carbonyl (C=O) groups excluding carboxylic acids is 2. The molecule has 0 atom stereocenters. The fraction of sp³-hybridized carbons (Fsp3) is 0.526. The summed E-state index contributed by atoms with van der Waals surface area (Å²) in [7, 11) is 0. The predicted molar refractivity (Wildman–Crippen MR) is 99.9 cm³/mol. The first kappa shape index (κ1) is 19.0. The van der Waals surface area contributed by atoms with Gasteiger partial charge in [0.2, 0.25) is 0 Å². The molecule has 1 saturated heterocycles. The number of likely N-dealkylation sites (tertiary alicyclic amines) is 1. The Morgan fingerprint density at radius 1 is 1.19 bits per heavy atom. The summed E-state index contributed by atoms with van der Waals surface area (Å²) in [4.78, 5) is 40.3. The summed E-state index contributed by atoms with van der Waals surface area (Å²) in [6.45, 7) is 7.92. The number of piperidine rings is 1. The topological polar surface area (TPSA) is 93.6 Å². The van der Waals surface area contributed by atoms with Gasteiger partial charge in [-0.05, 0) is 45.7 Å². The number of amides is 1. The van der Waals surface area contributed by atoms with Crippen LogP contribution >= 0.6 is 0 Å². The minimum absolute atomic E-state index is 0.00971. The van der Waals surface area contributed by atoms with Crippen LogP contribution in [0, 0.1) is 0 Å². The number of rotatable bonds is 2. The average Bonchev–Trinajstić information content (AvgIpc) is 2.88. The lowest BCUT2D eigenvalue weighted by atomic mass is 10.0. The van der Waals surface area contributed by atoms with Crippen LogP contribution in [-0.2, 0) is 9.53 Å². The summed E-state index contributed by atoms with van der Waals surface area (Å²) in [6.07, 6.45) is 1.01. The van der Waals surface area contributed by atoms with Gasteiger partial charge in [0.25, 0.3) is 0 Å². The number of carbonyl (C=O) groups is 2. The first-order valence-electron chi connectivity index (χ1n) is 9.04. The highest BCUT2D eigenvalue weighted by atomic mass is 16.6. The van der Waals surface area contributed by atoms with Crippen LogP contribution in [0.5, 0.6) is 5.75 Å². The number of hydrogen-bond donors (Lipinski definition) is 1. The van der Waals surface area contributed by atoms with Gasteiger partial charge in [0.05, 0.1) is 11.0 Å². The Hall–Kier alpha value is -2.77. The molecule has 27 heavy (non-hydrogen) atoms. The lowest BCUT2D eigenvalue weighted by Crippen LogP contribution is -2.43. The number of esters is 1. The molecule has 1 aromatic heterocycles. The van der Waals surface area contributed by atoms with E-state index in [1.165, 1.54) is 6.92 Å². The van der Waals surface area contributed by atoms with E-state index in [-0.39, 0.29) is 17.8 Å². The van der Waals surface area contributed by atoms with Crippen LogP contribution in [0.2, 0.25) is 0 Å². The second kappa shape index (κ2) is 7.09. The number of ether oxygens (including phenoxy) is 2. The monoisotopic (exact) mass is 375 g/mol. The molecule has 146 valence electrons. The highest BCUT2D eigenvalue weighted by Crippen LogP contribution is 2.27. The first-order valence-corrected chi connectivity index (χ1v) is 9.04. The van der Waals surface area contributed by atoms with Crippen molar-refractivity contribution in [1.82, 2.24) is 14.5 Å². The van der Waals surface area contributed by atoms with Crippen LogP contribution in [0.15, 0.2) is 23.0 Å². The number of imidazole rings is 1. The van der Waals surface area contributed by atoms with E-state index in [0.717, 1.165) is 5.52 Å². The van der Waals surface area contributed by atoms with E-state index in [0.29, 0.717) is 37.2 Å². The lowest BCUT2D eigenvalue weighted by Gasteiger charge is -2.33. The third kappa shape index (κ3) is 4.32. The molecular formula is C19H25N3O5. The normalized spacial score (nSPS) is 15.8. The van der Waals surface area contributed by atoms with E-state index < -0.39 is 11.6 Å². The van der Waals surface area contributed by atoms with Crippen LogP contribution in [-0.4, -0.2) is 45.2 Å². The average molecular weight is 375 g/mol. The first-order chi connectivity index (χ1) is 12.6. The minimum Gasteiger partial charge on any atom is -0.444 e. The molecule has 1 aromatic carbocycles. The van der Waals surface area contributed by atoms with Crippen molar-refractivity contribution in [2.24, 2.45) is 0 Å². The number of aromatic amines is 1. The maximum atomic E-state index is 12.5. The molecular weight excluding hydrogens is 350 g/mol. The summed E-state index contributed by atoms with van der Waals surface area (Å²) < 4.78 is 12.2. The summed E-state index contributed by atoms with van der Waals surface area (Å²) in [5.41, 5.74) is 0.641. The molecule has 0 aliphatic carbocycles. The van der Waals surface area contributed by atoms with E-state index in [1.54, 1.807) is 27.7 Å². The fourth-order valence-electron chi connectivity index (χ4n) is 3.34. The molecule has 8 nitrogen and oxygen atoms in total. The number of nitrogens with one attached hydrogen (secondary N) is 1. The van der Waals surface area contributed by atoms with Gasteiger partial charge in [-0.3, -0.25) is 9.36 Å². The van der Waals surface area contributed by atoms with Crippen molar-refractivity contribution in [1.29, 1.82) is 0 Å². The smallest absolute Gasteiger partial charge is 0.410 e. The van der Waals surface area contributed by atoms with Crippen molar-refractivity contribution in [2.75, 3.05) is 13.1 Å². The third-order valence-corrected chi connectivity index (χ3v) is 4.43. The molecule has 1 aliphatic rings. The second-order valence-corrected chi connectivity index (χ2v) is 7.77. The summed E-state index contributed by atoms with van der Waals surface area (Å²) in [5, 5.41) is 0. The molecule has 8 heteroatoms. The second-order valence-electron chi connectivity index (χ2n) is 7.77. The van der Waals surface area contributed by atoms with E-state index >= 15 is 0 Å². The molecule has 3 rings (SSSR count). The van der Waals surface area contributed by atoms with Gasteiger partial charge < -0.3 is 19.4 Å². The highest BCUT2D eigenvalue weighted by Gasteiger charge is 2.29. The van der Waals surface area contributed by atoms with Gasteiger partial charge in [0.1, 0.15) is 11.4 Å². The number of benzene rings is 1. The number of aromatic nitrogens is 2. The van der Waals surface area contributed by atoms with Crippen LogP contribution in [0.4, 0.5) is 4.79 Å². The van der Waals surface area contributed by atoms with Gasteiger partial charge in [-0.15, -0.1) is 0 Å². The van der Waals surface area contributed by atoms with Crippen LogP contribution in [0.3, 0.4) is 0 Å². The highest BCUT2D eigenvalue weighted by molar-refractivity contribution is 5.79. The molecule has 1 N–H and O–H groups in total.